The van der Waals surface area contributed by atoms with E-state index < -0.39 is 26.0 Å². The van der Waals surface area contributed by atoms with Gasteiger partial charge in [-0.05, 0) is 62.1 Å². The zero-order valence-corrected chi connectivity index (χ0v) is 22.3. The van der Waals surface area contributed by atoms with Crippen molar-refractivity contribution in [3.05, 3.63) is 54.6 Å². The van der Waals surface area contributed by atoms with Crippen LogP contribution in [0, 0.1) is 0 Å². The summed E-state index contributed by atoms with van der Waals surface area (Å²) in [5, 5.41) is 2.76. The molecule has 0 bridgehead atoms. The van der Waals surface area contributed by atoms with Crippen molar-refractivity contribution >= 4 is 31.6 Å². The van der Waals surface area contributed by atoms with Crippen molar-refractivity contribution in [2.24, 2.45) is 0 Å². The highest BCUT2D eigenvalue weighted by atomic mass is 32.2. The molecular formula is C26H35N3O5S2. The minimum Gasteiger partial charge on any atom is -0.325 e. The second-order valence-corrected chi connectivity index (χ2v) is 13.6. The summed E-state index contributed by atoms with van der Waals surface area (Å²) in [7, 11) is -6.14. The highest BCUT2D eigenvalue weighted by Crippen LogP contribution is 2.30. The van der Waals surface area contributed by atoms with Crippen molar-refractivity contribution in [1.29, 1.82) is 0 Å². The Morgan fingerprint density at radius 3 is 1.83 bits per heavy atom. The average molecular weight is 534 g/mol. The summed E-state index contributed by atoms with van der Waals surface area (Å²) in [5.74, 6) is -0.412. The van der Waals surface area contributed by atoms with Crippen LogP contribution in [0.5, 0.6) is 0 Å². The van der Waals surface area contributed by atoms with Gasteiger partial charge in [-0.2, -0.15) is 8.61 Å². The molecular weight excluding hydrogens is 498 g/mol. The first-order valence-electron chi connectivity index (χ1n) is 12.6. The third kappa shape index (κ3) is 5.99. The van der Waals surface area contributed by atoms with E-state index in [9.17, 15) is 21.6 Å². The molecule has 2 fully saturated rings. The maximum atomic E-state index is 13.6. The first-order chi connectivity index (χ1) is 17.2. The third-order valence-electron chi connectivity index (χ3n) is 7.29. The average Bonchev–Trinajstić information content (AvgIpc) is 3.42. The van der Waals surface area contributed by atoms with Crippen molar-refractivity contribution in [2.75, 3.05) is 18.9 Å². The number of sulfonamides is 2. The second kappa shape index (κ2) is 11.4. The second-order valence-electron chi connectivity index (χ2n) is 9.69. The summed E-state index contributed by atoms with van der Waals surface area (Å²) >= 11 is 0. The van der Waals surface area contributed by atoms with E-state index in [0.29, 0.717) is 18.5 Å². The van der Waals surface area contributed by atoms with Crippen molar-refractivity contribution in [2.45, 2.75) is 79.7 Å². The van der Waals surface area contributed by atoms with E-state index in [0.717, 1.165) is 44.9 Å². The van der Waals surface area contributed by atoms with Crippen LogP contribution in [-0.4, -0.2) is 57.0 Å². The number of carbonyl (C=O) groups is 1. The van der Waals surface area contributed by atoms with Crippen molar-refractivity contribution in [3.63, 3.8) is 0 Å². The monoisotopic (exact) mass is 533 g/mol. The van der Waals surface area contributed by atoms with Gasteiger partial charge in [-0.15, -0.1) is 0 Å². The van der Waals surface area contributed by atoms with Gasteiger partial charge in [0.1, 0.15) is 0 Å². The molecule has 4 rings (SSSR count). The number of carbonyl (C=O) groups excluding carboxylic acids is 1. The Kier molecular flexibility index (Phi) is 8.49. The maximum Gasteiger partial charge on any atom is 0.243 e. The maximum absolute atomic E-state index is 13.6. The molecule has 0 radical (unpaired) electrons. The number of nitrogens with zero attached hydrogens (tertiary/aromatic N) is 2. The first-order valence-corrected chi connectivity index (χ1v) is 15.5. The van der Waals surface area contributed by atoms with Crippen LogP contribution in [-0.2, 0) is 24.8 Å². The highest BCUT2D eigenvalue weighted by molar-refractivity contribution is 7.89. The fourth-order valence-corrected chi connectivity index (χ4v) is 8.25. The Labute approximate surface area is 214 Å². The topological polar surface area (TPSA) is 104 Å². The number of rotatable bonds is 9. The predicted octanol–water partition coefficient (Wildman–Crippen LogP) is 4.21. The number of hydrogen-bond acceptors (Lipinski definition) is 5. The van der Waals surface area contributed by atoms with Gasteiger partial charge in [0.05, 0.1) is 16.3 Å². The fraction of sp³-hybridized carbons (Fsp3) is 0.500. The number of nitrogens with one attached hydrogen (secondary N) is 1. The molecule has 1 amide bonds. The normalized spacial score (nSPS) is 18.1. The summed E-state index contributed by atoms with van der Waals surface area (Å²) in [6.45, 7) is -0.299. The van der Waals surface area contributed by atoms with E-state index >= 15 is 0 Å². The van der Waals surface area contributed by atoms with Crippen molar-refractivity contribution in [3.8, 4) is 0 Å². The van der Waals surface area contributed by atoms with E-state index in [2.05, 4.69) is 5.32 Å². The number of para-hydroxylation sites is 1. The Bertz CT molecular complexity index is 1240. The summed E-state index contributed by atoms with van der Waals surface area (Å²) in [4.78, 5) is 12.8. The molecule has 196 valence electrons. The van der Waals surface area contributed by atoms with Crippen LogP contribution < -0.4 is 5.32 Å². The molecule has 0 aromatic heterocycles. The van der Waals surface area contributed by atoms with E-state index in [1.165, 1.54) is 32.9 Å². The molecule has 0 saturated heterocycles. The number of anilines is 1. The zero-order valence-electron chi connectivity index (χ0n) is 20.7. The van der Waals surface area contributed by atoms with Crippen LogP contribution in [0.25, 0.3) is 0 Å². The van der Waals surface area contributed by atoms with E-state index in [-0.39, 0.29) is 28.4 Å². The standard InChI is InChI=1S/C26H35N3O5S2/c1-28(22-12-6-3-7-13-22)35(31,32)24-16-18-25(19-17-24)36(33,34)29(23-14-8-9-15-23)20-26(30)27-21-10-4-2-5-11-21/h2,4-5,10-11,16-19,22-23H,3,6-9,12-15,20H2,1H3,(H,27,30). The number of hydrogen-bond donors (Lipinski definition) is 1. The van der Waals surface area contributed by atoms with Gasteiger partial charge in [0.15, 0.2) is 0 Å². The molecule has 2 saturated carbocycles. The molecule has 2 aliphatic rings. The van der Waals surface area contributed by atoms with Crippen LogP contribution in [0.2, 0.25) is 0 Å². The molecule has 1 N–H and O–H groups in total. The van der Waals surface area contributed by atoms with Crippen LogP contribution >= 0.6 is 0 Å². The Hall–Kier alpha value is -2.27. The number of benzene rings is 2. The molecule has 0 heterocycles. The van der Waals surface area contributed by atoms with E-state index in [1.807, 2.05) is 6.07 Å². The molecule has 36 heavy (non-hydrogen) atoms. The minimum atomic E-state index is -4.01. The summed E-state index contributed by atoms with van der Waals surface area (Å²) in [5.41, 5.74) is 0.600. The van der Waals surface area contributed by atoms with Gasteiger partial charge in [0, 0.05) is 24.8 Å². The molecule has 2 aromatic rings. The van der Waals surface area contributed by atoms with Gasteiger partial charge < -0.3 is 5.32 Å². The predicted molar refractivity (Wildman–Crippen MR) is 139 cm³/mol. The van der Waals surface area contributed by atoms with Gasteiger partial charge in [-0.25, -0.2) is 16.8 Å². The summed E-state index contributed by atoms with van der Waals surface area (Å²) < 4.78 is 56.3. The lowest BCUT2D eigenvalue weighted by molar-refractivity contribution is -0.116. The summed E-state index contributed by atoms with van der Waals surface area (Å²) in [6.07, 6.45) is 8.01. The summed E-state index contributed by atoms with van der Waals surface area (Å²) in [6, 6.07) is 14.0. The van der Waals surface area contributed by atoms with Crippen molar-refractivity contribution < 1.29 is 21.6 Å². The van der Waals surface area contributed by atoms with Gasteiger partial charge in [0.2, 0.25) is 26.0 Å². The minimum absolute atomic E-state index is 0.0128. The molecule has 0 spiro atoms. The van der Waals surface area contributed by atoms with Crippen molar-refractivity contribution in [1.82, 2.24) is 8.61 Å². The van der Waals surface area contributed by atoms with Gasteiger partial charge >= 0.3 is 0 Å². The number of amides is 1. The van der Waals surface area contributed by atoms with Crippen LogP contribution in [0.4, 0.5) is 5.69 Å². The van der Waals surface area contributed by atoms with Gasteiger partial charge in [0.25, 0.3) is 0 Å². The van der Waals surface area contributed by atoms with Gasteiger partial charge in [-0.3, -0.25) is 4.79 Å². The Morgan fingerprint density at radius 2 is 1.25 bits per heavy atom. The quantitative estimate of drug-likeness (QED) is 0.520. The van der Waals surface area contributed by atoms with Crippen LogP contribution in [0.1, 0.15) is 57.8 Å². The fourth-order valence-electron chi connectivity index (χ4n) is 5.19. The van der Waals surface area contributed by atoms with Crippen LogP contribution in [0.3, 0.4) is 0 Å². The Morgan fingerprint density at radius 1 is 0.750 bits per heavy atom. The lowest BCUT2D eigenvalue weighted by Crippen LogP contribution is -2.43. The zero-order chi connectivity index (χ0) is 25.8. The lowest BCUT2D eigenvalue weighted by Gasteiger charge is -2.30. The SMILES string of the molecule is CN(C1CCCCC1)S(=O)(=O)c1ccc(S(=O)(=O)N(CC(=O)Nc2ccccc2)C2CCCC2)cc1. The molecule has 0 atom stereocenters. The molecule has 0 aliphatic heterocycles. The van der Waals surface area contributed by atoms with Gasteiger partial charge in [-0.1, -0.05) is 50.3 Å². The molecule has 2 aliphatic carbocycles. The molecule has 0 unspecified atom stereocenters. The highest BCUT2D eigenvalue weighted by Gasteiger charge is 2.35. The first kappa shape index (κ1) is 26.8. The molecule has 2 aromatic carbocycles. The van der Waals surface area contributed by atoms with E-state index in [1.54, 1.807) is 31.3 Å². The third-order valence-corrected chi connectivity index (χ3v) is 11.1. The van der Waals surface area contributed by atoms with E-state index in [4.69, 9.17) is 0 Å². The smallest absolute Gasteiger partial charge is 0.243 e. The molecule has 10 heteroatoms. The van der Waals surface area contributed by atoms with Crippen LogP contribution in [0.15, 0.2) is 64.4 Å². The Balaban J connectivity index is 1.54. The largest absolute Gasteiger partial charge is 0.325 e. The molecule has 8 nitrogen and oxygen atoms in total. The lowest BCUT2D eigenvalue weighted by atomic mass is 9.96.